The van der Waals surface area contributed by atoms with E-state index in [9.17, 15) is 9.59 Å². The summed E-state index contributed by atoms with van der Waals surface area (Å²) in [7, 11) is 5.56. The van der Waals surface area contributed by atoms with Gasteiger partial charge in [-0.05, 0) is 34.0 Å². The Labute approximate surface area is 90.7 Å². The Bertz CT molecular complexity index is 229. The lowest BCUT2D eigenvalue weighted by atomic mass is 10.1. The van der Waals surface area contributed by atoms with Crippen LogP contribution in [0.2, 0.25) is 0 Å². The first-order chi connectivity index (χ1) is 6.86. The van der Waals surface area contributed by atoms with E-state index in [2.05, 4.69) is 0 Å². The molecule has 0 fully saturated rings. The molecule has 88 valence electrons. The van der Waals surface area contributed by atoms with Crippen molar-refractivity contribution in [3.8, 4) is 0 Å². The number of rotatable bonds is 6. The van der Waals surface area contributed by atoms with Gasteiger partial charge < -0.3 is 14.9 Å². The molecule has 0 aliphatic rings. The number of amides is 1. The quantitative estimate of drug-likeness (QED) is 0.640. The maximum absolute atomic E-state index is 11.5. The molecular formula is C10H20N2O3. The Morgan fingerprint density at radius 2 is 1.73 bits per heavy atom. The van der Waals surface area contributed by atoms with Crippen LogP contribution in [0.25, 0.3) is 0 Å². The highest BCUT2D eigenvalue weighted by Crippen LogP contribution is 2.01. The summed E-state index contributed by atoms with van der Waals surface area (Å²) in [6.07, 6.45) is 0.849. The van der Waals surface area contributed by atoms with Crippen LogP contribution in [0.3, 0.4) is 0 Å². The summed E-state index contributed by atoms with van der Waals surface area (Å²) in [5.41, 5.74) is 0. The smallest absolute Gasteiger partial charge is 0.315 e. The van der Waals surface area contributed by atoms with Gasteiger partial charge in [0.15, 0.2) is 0 Å². The molecule has 5 nitrogen and oxygen atoms in total. The van der Waals surface area contributed by atoms with Crippen molar-refractivity contribution in [2.24, 2.45) is 5.92 Å². The Morgan fingerprint density at radius 3 is 2.13 bits per heavy atom. The van der Waals surface area contributed by atoms with Gasteiger partial charge in [0.1, 0.15) is 5.92 Å². The van der Waals surface area contributed by atoms with E-state index in [0.29, 0.717) is 6.54 Å². The van der Waals surface area contributed by atoms with Crippen molar-refractivity contribution in [1.82, 2.24) is 9.80 Å². The Morgan fingerprint density at radius 1 is 1.20 bits per heavy atom. The van der Waals surface area contributed by atoms with Crippen LogP contribution < -0.4 is 0 Å². The molecule has 0 aromatic heterocycles. The number of carboxylic acids is 1. The molecular weight excluding hydrogens is 196 g/mol. The highest BCUT2D eigenvalue weighted by Gasteiger charge is 2.23. The van der Waals surface area contributed by atoms with Gasteiger partial charge in [-0.15, -0.1) is 0 Å². The van der Waals surface area contributed by atoms with E-state index in [1.165, 1.54) is 11.8 Å². The molecule has 0 aliphatic heterocycles. The van der Waals surface area contributed by atoms with Gasteiger partial charge in [0.2, 0.25) is 5.91 Å². The molecule has 1 amide bonds. The van der Waals surface area contributed by atoms with E-state index in [1.54, 1.807) is 7.05 Å². The predicted octanol–water partition coefficient (Wildman–Crippen LogP) is 0.117. The highest BCUT2D eigenvalue weighted by atomic mass is 16.4. The number of aliphatic carboxylic acids is 1. The molecule has 0 spiro atoms. The van der Waals surface area contributed by atoms with Gasteiger partial charge in [-0.3, -0.25) is 9.59 Å². The second-order valence-electron chi connectivity index (χ2n) is 3.98. The lowest BCUT2D eigenvalue weighted by molar-refractivity contribution is -0.149. The van der Waals surface area contributed by atoms with Crippen molar-refractivity contribution in [3.05, 3.63) is 0 Å². The fourth-order valence-corrected chi connectivity index (χ4v) is 1.17. The molecule has 5 heteroatoms. The normalized spacial score (nSPS) is 12.6. The number of carboxylic acid groups (broad SMARTS) is 1. The van der Waals surface area contributed by atoms with E-state index < -0.39 is 11.9 Å². The zero-order valence-corrected chi connectivity index (χ0v) is 9.86. The third-order valence-corrected chi connectivity index (χ3v) is 2.22. The zero-order valence-electron chi connectivity index (χ0n) is 9.86. The van der Waals surface area contributed by atoms with E-state index in [1.807, 2.05) is 19.0 Å². The van der Waals surface area contributed by atoms with Gasteiger partial charge in [-0.25, -0.2) is 0 Å². The summed E-state index contributed by atoms with van der Waals surface area (Å²) in [5.74, 6) is -2.35. The SMILES string of the molecule is CC(C(=O)O)C(=O)N(C)CCCN(C)C. The minimum atomic E-state index is -1.07. The van der Waals surface area contributed by atoms with Crippen molar-refractivity contribution in [2.45, 2.75) is 13.3 Å². The first kappa shape index (κ1) is 13.9. The predicted molar refractivity (Wildman–Crippen MR) is 57.6 cm³/mol. The lowest BCUT2D eigenvalue weighted by Crippen LogP contribution is -2.36. The van der Waals surface area contributed by atoms with Gasteiger partial charge in [0.25, 0.3) is 0 Å². The van der Waals surface area contributed by atoms with Crippen molar-refractivity contribution in [1.29, 1.82) is 0 Å². The molecule has 1 atom stereocenters. The number of hydrogen-bond donors (Lipinski definition) is 1. The summed E-state index contributed by atoms with van der Waals surface area (Å²) in [6, 6.07) is 0. The van der Waals surface area contributed by atoms with E-state index in [0.717, 1.165) is 13.0 Å². The van der Waals surface area contributed by atoms with E-state index in [4.69, 9.17) is 5.11 Å². The molecule has 0 saturated heterocycles. The van der Waals surface area contributed by atoms with E-state index >= 15 is 0 Å². The van der Waals surface area contributed by atoms with Crippen LogP contribution in [0.5, 0.6) is 0 Å². The summed E-state index contributed by atoms with van der Waals surface area (Å²) in [6.45, 7) is 2.89. The van der Waals surface area contributed by atoms with Gasteiger partial charge in [-0.1, -0.05) is 0 Å². The minimum absolute atomic E-state index is 0.332. The summed E-state index contributed by atoms with van der Waals surface area (Å²) < 4.78 is 0. The first-order valence-electron chi connectivity index (χ1n) is 4.98. The number of hydrogen-bond acceptors (Lipinski definition) is 3. The molecule has 1 N–H and O–H groups in total. The number of carbonyl (C=O) groups is 2. The van der Waals surface area contributed by atoms with Crippen LogP contribution in [0.4, 0.5) is 0 Å². The summed E-state index contributed by atoms with van der Waals surface area (Å²) in [4.78, 5) is 25.6. The van der Waals surface area contributed by atoms with E-state index in [-0.39, 0.29) is 5.91 Å². The molecule has 0 bridgehead atoms. The Balaban J connectivity index is 3.94. The Hall–Kier alpha value is -1.10. The maximum Gasteiger partial charge on any atom is 0.315 e. The fraction of sp³-hybridized carbons (Fsp3) is 0.800. The first-order valence-corrected chi connectivity index (χ1v) is 4.98. The number of nitrogens with zero attached hydrogens (tertiary/aromatic N) is 2. The molecule has 0 aromatic rings. The van der Waals surface area contributed by atoms with Crippen molar-refractivity contribution < 1.29 is 14.7 Å². The van der Waals surface area contributed by atoms with Gasteiger partial charge in [-0.2, -0.15) is 0 Å². The van der Waals surface area contributed by atoms with Crippen LogP contribution >= 0.6 is 0 Å². The van der Waals surface area contributed by atoms with Gasteiger partial charge in [0.05, 0.1) is 0 Å². The topological polar surface area (TPSA) is 60.9 Å². The maximum atomic E-state index is 11.5. The molecule has 0 radical (unpaired) electrons. The largest absolute Gasteiger partial charge is 0.481 e. The molecule has 0 rings (SSSR count). The standard InChI is InChI=1S/C10H20N2O3/c1-8(10(14)15)9(13)12(4)7-5-6-11(2)3/h8H,5-7H2,1-4H3,(H,14,15). The van der Waals surface area contributed by atoms with Crippen molar-refractivity contribution in [3.63, 3.8) is 0 Å². The zero-order chi connectivity index (χ0) is 12.0. The molecule has 15 heavy (non-hydrogen) atoms. The highest BCUT2D eigenvalue weighted by molar-refractivity contribution is 5.96. The van der Waals surface area contributed by atoms with Crippen LogP contribution in [-0.2, 0) is 9.59 Å². The third-order valence-electron chi connectivity index (χ3n) is 2.22. The fourth-order valence-electron chi connectivity index (χ4n) is 1.17. The molecule has 0 aliphatic carbocycles. The van der Waals surface area contributed by atoms with Gasteiger partial charge in [0, 0.05) is 13.6 Å². The van der Waals surface area contributed by atoms with Crippen LogP contribution in [-0.4, -0.2) is 61.0 Å². The average Bonchev–Trinajstić information content (AvgIpc) is 2.14. The van der Waals surface area contributed by atoms with Crippen molar-refractivity contribution >= 4 is 11.9 Å². The third kappa shape index (κ3) is 5.37. The molecule has 0 heterocycles. The average molecular weight is 216 g/mol. The monoisotopic (exact) mass is 216 g/mol. The Kier molecular flexibility index (Phi) is 5.93. The van der Waals surface area contributed by atoms with Crippen molar-refractivity contribution in [2.75, 3.05) is 34.2 Å². The van der Waals surface area contributed by atoms with Gasteiger partial charge >= 0.3 is 5.97 Å². The van der Waals surface area contributed by atoms with Crippen LogP contribution in [0, 0.1) is 5.92 Å². The van der Waals surface area contributed by atoms with Crippen LogP contribution in [0.15, 0.2) is 0 Å². The lowest BCUT2D eigenvalue weighted by Gasteiger charge is -2.20. The van der Waals surface area contributed by atoms with Crippen LogP contribution in [0.1, 0.15) is 13.3 Å². The molecule has 1 unspecified atom stereocenters. The second kappa shape index (κ2) is 6.40. The molecule has 0 aromatic carbocycles. The number of carbonyl (C=O) groups excluding carboxylic acids is 1. The minimum Gasteiger partial charge on any atom is -0.481 e. The second-order valence-corrected chi connectivity index (χ2v) is 3.98. The summed E-state index contributed by atoms with van der Waals surface area (Å²) in [5, 5.41) is 8.66. The summed E-state index contributed by atoms with van der Waals surface area (Å²) >= 11 is 0. The molecule has 0 saturated carbocycles.